The second-order valence-electron chi connectivity index (χ2n) is 5.24. The van der Waals surface area contributed by atoms with E-state index in [4.69, 9.17) is 11.6 Å². The summed E-state index contributed by atoms with van der Waals surface area (Å²) in [7, 11) is 0. The van der Waals surface area contributed by atoms with Crippen LogP contribution in [0.15, 0.2) is 18.2 Å². The molecule has 1 aliphatic rings. The van der Waals surface area contributed by atoms with Gasteiger partial charge in [-0.3, -0.25) is 0 Å². The molecule has 2 nitrogen and oxygen atoms in total. The van der Waals surface area contributed by atoms with Gasteiger partial charge in [0, 0.05) is 25.2 Å². The van der Waals surface area contributed by atoms with Gasteiger partial charge in [-0.15, -0.1) is 0 Å². The predicted molar refractivity (Wildman–Crippen MR) is 79.7 cm³/mol. The van der Waals surface area contributed by atoms with Gasteiger partial charge in [-0.2, -0.15) is 0 Å². The minimum atomic E-state index is 0.241. The molecule has 0 spiro atoms. The minimum Gasteiger partial charge on any atom is -0.367 e. The number of halogens is 1. The van der Waals surface area contributed by atoms with Gasteiger partial charge in [0.1, 0.15) is 0 Å². The number of aryl methyl sites for hydroxylation is 1. The van der Waals surface area contributed by atoms with E-state index in [0.717, 1.165) is 43.1 Å². The van der Waals surface area contributed by atoms with E-state index in [1.807, 2.05) is 0 Å². The highest BCUT2D eigenvalue weighted by atomic mass is 35.5. The molecule has 0 aliphatic carbocycles. The molecular weight excluding hydrogens is 244 g/mol. The van der Waals surface area contributed by atoms with Gasteiger partial charge in [-0.05, 0) is 31.4 Å². The lowest BCUT2D eigenvalue weighted by Gasteiger charge is -2.44. The summed E-state index contributed by atoms with van der Waals surface area (Å²) in [5.74, 6) is 0. The molecule has 1 saturated heterocycles. The molecule has 1 aromatic rings. The van der Waals surface area contributed by atoms with Gasteiger partial charge in [0.05, 0.1) is 10.7 Å². The maximum atomic E-state index is 6.44. The third-order valence-electron chi connectivity index (χ3n) is 4.24. The van der Waals surface area contributed by atoms with Crippen molar-refractivity contribution in [1.82, 2.24) is 5.32 Å². The van der Waals surface area contributed by atoms with Crippen LogP contribution in [0.2, 0.25) is 5.02 Å². The molecule has 1 aromatic carbocycles. The summed E-state index contributed by atoms with van der Waals surface area (Å²) in [4.78, 5) is 2.43. The molecule has 1 heterocycles. The van der Waals surface area contributed by atoms with Crippen LogP contribution in [-0.4, -0.2) is 25.2 Å². The quantitative estimate of drug-likeness (QED) is 0.899. The van der Waals surface area contributed by atoms with Gasteiger partial charge < -0.3 is 10.2 Å². The number of nitrogens with zero attached hydrogens (tertiary/aromatic N) is 1. The van der Waals surface area contributed by atoms with E-state index >= 15 is 0 Å². The Kier molecular flexibility index (Phi) is 4.18. The van der Waals surface area contributed by atoms with Crippen molar-refractivity contribution < 1.29 is 0 Å². The molecule has 1 fully saturated rings. The normalized spacial score (nSPS) is 19.0. The molecule has 2 rings (SSSR count). The number of rotatable bonds is 3. The molecule has 1 aliphatic heterocycles. The SMILES string of the molecule is CCC1(CC)CN(c2cccc(C)c2Cl)CCN1. The predicted octanol–water partition coefficient (Wildman–Crippen LogP) is 3.62. The van der Waals surface area contributed by atoms with Gasteiger partial charge in [-0.1, -0.05) is 37.6 Å². The highest BCUT2D eigenvalue weighted by Gasteiger charge is 2.32. The Morgan fingerprint density at radius 3 is 2.72 bits per heavy atom. The van der Waals surface area contributed by atoms with Crippen molar-refractivity contribution in [3.63, 3.8) is 0 Å². The van der Waals surface area contributed by atoms with E-state index < -0.39 is 0 Å². The standard InChI is InChI=1S/C15H23ClN2/c1-4-15(5-2)11-18(10-9-17-15)13-8-6-7-12(3)14(13)16/h6-8,17H,4-5,9-11H2,1-3H3. The molecule has 0 bridgehead atoms. The summed E-state index contributed by atoms with van der Waals surface area (Å²) in [6.07, 6.45) is 2.31. The van der Waals surface area contributed by atoms with Crippen molar-refractivity contribution in [3.05, 3.63) is 28.8 Å². The third-order valence-corrected chi connectivity index (χ3v) is 4.73. The fraction of sp³-hybridized carbons (Fsp3) is 0.600. The van der Waals surface area contributed by atoms with Crippen molar-refractivity contribution in [2.45, 2.75) is 39.2 Å². The summed E-state index contributed by atoms with van der Waals surface area (Å²) in [6.45, 7) is 9.71. The first-order valence-corrected chi connectivity index (χ1v) is 7.25. The topological polar surface area (TPSA) is 15.3 Å². The third kappa shape index (κ3) is 2.50. The highest BCUT2D eigenvalue weighted by Crippen LogP contribution is 2.32. The first-order chi connectivity index (χ1) is 8.62. The number of anilines is 1. The van der Waals surface area contributed by atoms with E-state index in [9.17, 15) is 0 Å². The Labute approximate surface area is 115 Å². The average Bonchev–Trinajstić information content (AvgIpc) is 2.42. The molecular formula is C15H23ClN2. The van der Waals surface area contributed by atoms with Gasteiger partial charge in [0.15, 0.2) is 0 Å². The van der Waals surface area contributed by atoms with E-state index in [2.05, 4.69) is 49.2 Å². The molecule has 3 heteroatoms. The Hall–Kier alpha value is -0.730. The van der Waals surface area contributed by atoms with Crippen molar-refractivity contribution >= 4 is 17.3 Å². The fourth-order valence-electron chi connectivity index (χ4n) is 2.76. The Balaban J connectivity index is 2.26. The number of hydrogen-bond donors (Lipinski definition) is 1. The van der Waals surface area contributed by atoms with Crippen LogP contribution >= 0.6 is 11.6 Å². The molecule has 1 N–H and O–H groups in total. The average molecular weight is 267 g/mol. The molecule has 0 amide bonds. The van der Waals surface area contributed by atoms with Crippen molar-refractivity contribution in [1.29, 1.82) is 0 Å². The van der Waals surface area contributed by atoms with Crippen LogP contribution in [0.5, 0.6) is 0 Å². The summed E-state index contributed by atoms with van der Waals surface area (Å²) < 4.78 is 0. The van der Waals surface area contributed by atoms with Crippen LogP contribution in [0.1, 0.15) is 32.3 Å². The Morgan fingerprint density at radius 2 is 2.06 bits per heavy atom. The molecule has 0 unspecified atom stereocenters. The Bertz CT molecular complexity index is 413. The molecule has 0 atom stereocenters. The smallest absolute Gasteiger partial charge is 0.0668 e. The van der Waals surface area contributed by atoms with E-state index in [1.54, 1.807) is 0 Å². The van der Waals surface area contributed by atoms with Crippen LogP contribution in [0.25, 0.3) is 0 Å². The number of nitrogens with one attached hydrogen (secondary N) is 1. The van der Waals surface area contributed by atoms with Gasteiger partial charge >= 0.3 is 0 Å². The lowest BCUT2D eigenvalue weighted by molar-refractivity contribution is 0.277. The zero-order valence-corrected chi connectivity index (χ0v) is 12.3. The number of piperazine rings is 1. The van der Waals surface area contributed by atoms with E-state index in [1.165, 1.54) is 5.69 Å². The second kappa shape index (κ2) is 5.50. The molecule has 100 valence electrons. The van der Waals surface area contributed by atoms with E-state index in [0.29, 0.717) is 0 Å². The van der Waals surface area contributed by atoms with Crippen LogP contribution in [0.4, 0.5) is 5.69 Å². The molecule has 18 heavy (non-hydrogen) atoms. The zero-order chi connectivity index (χ0) is 13.2. The van der Waals surface area contributed by atoms with Crippen LogP contribution in [0, 0.1) is 6.92 Å². The molecule has 0 aromatic heterocycles. The van der Waals surface area contributed by atoms with Crippen molar-refractivity contribution in [2.75, 3.05) is 24.5 Å². The van der Waals surface area contributed by atoms with Crippen LogP contribution in [0.3, 0.4) is 0 Å². The van der Waals surface area contributed by atoms with Crippen molar-refractivity contribution in [2.24, 2.45) is 0 Å². The van der Waals surface area contributed by atoms with Crippen molar-refractivity contribution in [3.8, 4) is 0 Å². The second-order valence-corrected chi connectivity index (χ2v) is 5.62. The first-order valence-electron chi connectivity index (χ1n) is 6.87. The van der Waals surface area contributed by atoms with Crippen LogP contribution in [-0.2, 0) is 0 Å². The van der Waals surface area contributed by atoms with E-state index in [-0.39, 0.29) is 5.54 Å². The summed E-state index contributed by atoms with van der Waals surface area (Å²) in [5, 5.41) is 4.58. The summed E-state index contributed by atoms with van der Waals surface area (Å²) >= 11 is 6.44. The zero-order valence-electron chi connectivity index (χ0n) is 11.6. The monoisotopic (exact) mass is 266 g/mol. The van der Waals surface area contributed by atoms with Gasteiger partial charge in [0.25, 0.3) is 0 Å². The number of hydrogen-bond acceptors (Lipinski definition) is 2. The minimum absolute atomic E-state index is 0.241. The lowest BCUT2D eigenvalue weighted by Crippen LogP contribution is -2.60. The largest absolute Gasteiger partial charge is 0.367 e. The van der Waals surface area contributed by atoms with Gasteiger partial charge in [0.2, 0.25) is 0 Å². The first kappa shape index (κ1) is 13.7. The Morgan fingerprint density at radius 1 is 1.33 bits per heavy atom. The fourth-order valence-corrected chi connectivity index (χ4v) is 3.01. The lowest BCUT2D eigenvalue weighted by atomic mass is 9.90. The maximum Gasteiger partial charge on any atom is 0.0668 e. The summed E-state index contributed by atoms with van der Waals surface area (Å²) in [6, 6.07) is 6.30. The maximum absolute atomic E-state index is 6.44. The molecule has 0 radical (unpaired) electrons. The number of benzene rings is 1. The summed E-state index contributed by atoms with van der Waals surface area (Å²) in [5.41, 5.74) is 2.58. The molecule has 0 saturated carbocycles. The van der Waals surface area contributed by atoms with Crippen LogP contribution < -0.4 is 10.2 Å². The highest BCUT2D eigenvalue weighted by molar-refractivity contribution is 6.34. The van der Waals surface area contributed by atoms with Gasteiger partial charge in [-0.25, -0.2) is 0 Å².